The molecule has 5 rings (SSSR count). The zero-order valence-electron chi connectivity index (χ0n) is 20.8. The number of carbonyl (C=O) groups excluding carboxylic acids is 3. The second kappa shape index (κ2) is 8.51. The summed E-state index contributed by atoms with van der Waals surface area (Å²) in [5.74, 6) is -0.255. The lowest BCUT2D eigenvalue weighted by Gasteiger charge is -2.39. The highest BCUT2D eigenvalue weighted by molar-refractivity contribution is 6.06. The Labute approximate surface area is 204 Å². The standard InChI is InChI=1S/C25H33N5O5/c1-16-14-30(21-19(16)11-17(13-26-21)29-8-5-20(31)27-22(29)32)18-12-25(34-15-18)6-9-28(10-7-25)23(33)35-24(2,3)4/h11,13-14,18H,5-10,12,15H2,1-4H3,(H,27,31,32)/t18-/m0/s1. The van der Waals surface area contributed by atoms with Gasteiger partial charge in [0.15, 0.2) is 0 Å². The molecule has 1 spiro atoms. The van der Waals surface area contributed by atoms with Crippen LogP contribution in [-0.2, 0) is 14.3 Å². The number of fused-ring (bicyclic) bond motifs is 1. The Kier molecular flexibility index (Phi) is 5.74. The molecule has 1 N–H and O–H groups in total. The van der Waals surface area contributed by atoms with Crippen LogP contribution < -0.4 is 10.2 Å². The number of hydrogen-bond acceptors (Lipinski definition) is 6. The van der Waals surface area contributed by atoms with Crippen molar-refractivity contribution in [3.63, 3.8) is 0 Å². The third kappa shape index (κ3) is 4.59. The summed E-state index contributed by atoms with van der Waals surface area (Å²) in [6.07, 6.45) is 6.22. The lowest BCUT2D eigenvalue weighted by Crippen LogP contribution is -2.49. The smallest absolute Gasteiger partial charge is 0.410 e. The van der Waals surface area contributed by atoms with Crippen molar-refractivity contribution in [3.05, 3.63) is 24.0 Å². The molecule has 0 radical (unpaired) electrons. The molecule has 2 aromatic rings. The first-order valence-electron chi connectivity index (χ1n) is 12.2. The number of carbonyl (C=O) groups is 3. The Morgan fingerprint density at radius 3 is 2.66 bits per heavy atom. The zero-order valence-corrected chi connectivity index (χ0v) is 20.8. The molecule has 0 aromatic carbocycles. The van der Waals surface area contributed by atoms with E-state index in [-0.39, 0.29) is 30.1 Å². The van der Waals surface area contributed by atoms with E-state index >= 15 is 0 Å². The Hall–Kier alpha value is -3.14. The summed E-state index contributed by atoms with van der Waals surface area (Å²) in [4.78, 5) is 44.2. The van der Waals surface area contributed by atoms with Gasteiger partial charge in [0, 0.05) is 37.6 Å². The minimum Gasteiger partial charge on any atom is -0.444 e. The molecule has 35 heavy (non-hydrogen) atoms. The van der Waals surface area contributed by atoms with Gasteiger partial charge in [0.1, 0.15) is 11.2 Å². The SMILES string of the molecule is Cc1cn([C@@H]2COC3(CCN(C(=O)OC(C)(C)C)CC3)C2)c2ncc(N3CCC(=O)NC3=O)cc12. The molecule has 1 atom stereocenters. The molecule has 3 fully saturated rings. The average molecular weight is 484 g/mol. The van der Waals surface area contributed by atoms with Crippen molar-refractivity contribution >= 4 is 34.8 Å². The highest BCUT2D eigenvalue weighted by atomic mass is 16.6. The number of likely N-dealkylation sites (tertiary alicyclic amines) is 1. The second-order valence-electron chi connectivity index (χ2n) is 10.9. The van der Waals surface area contributed by atoms with E-state index in [1.807, 2.05) is 33.8 Å². The molecule has 3 aliphatic heterocycles. The fourth-order valence-corrected chi connectivity index (χ4v) is 5.29. The van der Waals surface area contributed by atoms with Crippen molar-refractivity contribution in [1.29, 1.82) is 0 Å². The van der Waals surface area contributed by atoms with Crippen molar-refractivity contribution in [3.8, 4) is 0 Å². The summed E-state index contributed by atoms with van der Waals surface area (Å²) in [5, 5.41) is 3.34. The van der Waals surface area contributed by atoms with E-state index in [4.69, 9.17) is 14.5 Å². The molecule has 4 amide bonds. The second-order valence-corrected chi connectivity index (χ2v) is 10.9. The molecule has 3 saturated heterocycles. The quantitative estimate of drug-likeness (QED) is 0.701. The molecule has 0 aliphatic carbocycles. The van der Waals surface area contributed by atoms with E-state index in [9.17, 15) is 14.4 Å². The molecule has 10 nitrogen and oxygen atoms in total. The topological polar surface area (TPSA) is 106 Å². The van der Waals surface area contributed by atoms with Gasteiger partial charge in [-0.05, 0) is 58.6 Å². The lowest BCUT2D eigenvalue weighted by atomic mass is 9.87. The van der Waals surface area contributed by atoms with E-state index in [2.05, 4.69) is 16.1 Å². The van der Waals surface area contributed by atoms with Crippen LogP contribution in [-0.4, -0.2) is 69.9 Å². The van der Waals surface area contributed by atoms with E-state index in [0.29, 0.717) is 31.9 Å². The Balaban J connectivity index is 1.29. The number of amides is 4. The monoisotopic (exact) mass is 483 g/mol. The first-order valence-corrected chi connectivity index (χ1v) is 12.2. The van der Waals surface area contributed by atoms with Gasteiger partial charge in [-0.15, -0.1) is 0 Å². The molecule has 10 heteroatoms. The van der Waals surface area contributed by atoms with Crippen molar-refractivity contribution in [2.75, 3.05) is 31.1 Å². The summed E-state index contributed by atoms with van der Waals surface area (Å²) in [7, 11) is 0. The van der Waals surface area contributed by atoms with Crippen LogP contribution >= 0.6 is 0 Å². The number of aromatic nitrogens is 2. The third-order valence-electron chi connectivity index (χ3n) is 7.13. The number of nitrogens with one attached hydrogen (secondary N) is 1. The Morgan fingerprint density at radius 1 is 1.23 bits per heavy atom. The molecular weight excluding hydrogens is 450 g/mol. The zero-order chi connectivity index (χ0) is 25.0. The number of pyridine rings is 1. The van der Waals surface area contributed by atoms with Crippen molar-refractivity contribution in [1.82, 2.24) is 19.8 Å². The fraction of sp³-hybridized carbons (Fsp3) is 0.600. The van der Waals surface area contributed by atoms with Gasteiger partial charge in [0.25, 0.3) is 0 Å². The number of imide groups is 1. The van der Waals surface area contributed by atoms with E-state index in [0.717, 1.165) is 35.9 Å². The average Bonchev–Trinajstić information content (AvgIpc) is 3.34. The van der Waals surface area contributed by atoms with Crippen LogP contribution in [0.1, 0.15) is 58.1 Å². The van der Waals surface area contributed by atoms with E-state index in [1.165, 1.54) is 0 Å². The molecule has 3 aliphatic rings. The molecule has 188 valence electrons. The number of hydrogen-bond donors (Lipinski definition) is 1. The van der Waals surface area contributed by atoms with Crippen LogP contribution in [0.4, 0.5) is 15.3 Å². The molecule has 5 heterocycles. The van der Waals surface area contributed by atoms with Crippen LogP contribution in [0.3, 0.4) is 0 Å². The van der Waals surface area contributed by atoms with Gasteiger partial charge < -0.3 is 18.9 Å². The number of urea groups is 1. The van der Waals surface area contributed by atoms with Crippen molar-refractivity contribution in [2.24, 2.45) is 0 Å². The molecule has 2 aromatic heterocycles. The van der Waals surface area contributed by atoms with Crippen LogP contribution in [0.2, 0.25) is 0 Å². The summed E-state index contributed by atoms with van der Waals surface area (Å²) in [6, 6.07) is 1.70. The maximum absolute atomic E-state index is 12.4. The van der Waals surface area contributed by atoms with Gasteiger partial charge >= 0.3 is 12.1 Å². The first kappa shape index (κ1) is 23.6. The molecule has 0 unspecified atom stereocenters. The normalized spacial score (nSPS) is 22.7. The van der Waals surface area contributed by atoms with Crippen LogP contribution in [0.5, 0.6) is 0 Å². The van der Waals surface area contributed by atoms with Gasteiger partial charge in [0.05, 0.1) is 30.1 Å². The number of anilines is 1. The van der Waals surface area contributed by atoms with E-state index < -0.39 is 11.6 Å². The Bertz CT molecular complexity index is 1170. The van der Waals surface area contributed by atoms with Gasteiger partial charge in [-0.3, -0.25) is 15.0 Å². The maximum atomic E-state index is 12.4. The summed E-state index contributed by atoms with van der Waals surface area (Å²) in [5.41, 5.74) is 1.86. The largest absolute Gasteiger partial charge is 0.444 e. The van der Waals surface area contributed by atoms with Crippen LogP contribution in [0.25, 0.3) is 11.0 Å². The molecule has 0 bridgehead atoms. The summed E-state index contributed by atoms with van der Waals surface area (Å²) >= 11 is 0. The summed E-state index contributed by atoms with van der Waals surface area (Å²) < 4.78 is 14.1. The number of nitrogens with zero attached hydrogens (tertiary/aromatic N) is 4. The van der Waals surface area contributed by atoms with Gasteiger partial charge in [-0.2, -0.15) is 0 Å². The number of ether oxygens (including phenoxy) is 2. The predicted octanol–water partition coefficient (Wildman–Crippen LogP) is 3.52. The van der Waals surface area contributed by atoms with Crippen molar-refractivity contribution in [2.45, 2.75) is 70.6 Å². The fourth-order valence-electron chi connectivity index (χ4n) is 5.29. The maximum Gasteiger partial charge on any atom is 0.410 e. The number of rotatable bonds is 2. The molecular formula is C25H33N5O5. The number of aryl methyl sites for hydroxylation is 1. The predicted molar refractivity (Wildman–Crippen MR) is 129 cm³/mol. The van der Waals surface area contributed by atoms with E-state index in [1.54, 1.807) is 16.0 Å². The highest BCUT2D eigenvalue weighted by Gasteiger charge is 2.45. The van der Waals surface area contributed by atoms with Gasteiger partial charge in [0.2, 0.25) is 5.91 Å². The minimum atomic E-state index is -0.503. The minimum absolute atomic E-state index is 0.147. The summed E-state index contributed by atoms with van der Waals surface area (Å²) in [6.45, 7) is 9.85. The number of piperidine rings is 1. The highest BCUT2D eigenvalue weighted by Crippen LogP contribution is 2.42. The van der Waals surface area contributed by atoms with Crippen LogP contribution in [0, 0.1) is 6.92 Å². The van der Waals surface area contributed by atoms with Crippen molar-refractivity contribution < 1.29 is 23.9 Å². The lowest BCUT2D eigenvalue weighted by molar-refractivity contribution is -0.120. The van der Waals surface area contributed by atoms with Gasteiger partial charge in [-0.1, -0.05) is 0 Å². The third-order valence-corrected chi connectivity index (χ3v) is 7.13. The van der Waals surface area contributed by atoms with Gasteiger partial charge in [-0.25, -0.2) is 14.6 Å². The first-order chi connectivity index (χ1) is 16.5. The molecule has 0 saturated carbocycles. The van der Waals surface area contributed by atoms with Crippen LogP contribution in [0.15, 0.2) is 18.5 Å². The Morgan fingerprint density at radius 2 is 1.97 bits per heavy atom.